The number of aliphatic hydroxyl groups is 1. The quantitative estimate of drug-likeness (QED) is 0.455. The first-order chi connectivity index (χ1) is 11.6. The van der Waals surface area contributed by atoms with Crippen molar-refractivity contribution >= 4 is 17.6 Å². The van der Waals surface area contributed by atoms with Crippen LogP contribution in [0.5, 0.6) is 0 Å². The second-order valence-corrected chi connectivity index (χ2v) is 6.22. The Kier molecular flexibility index (Phi) is 5.44. The number of aliphatic hydroxyl groups excluding tert-OH is 1. The lowest BCUT2D eigenvalue weighted by Gasteiger charge is -2.27. The number of urea groups is 1. The topological polar surface area (TPSA) is 120 Å². The minimum atomic E-state index is -0.293. The van der Waals surface area contributed by atoms with Crippen molar-refractivity contribution in [2.75, 3.05) is 26.3 Å². The second kappa shape index (κ2) is 7.73. The van der Waals surface area contributed by atoms with Gasteiger partial charge >= 0.3 is 6.03 Å². The number of morpholine rings is 1. The summed E-state index contributed by atoms with van der Waals surface area (Å²) in [6, 6.07) is -0.207. The molecule has 9 nitrogen and oxygen atoms in total. The standard InChI is InChI=1S/C15H23N5O4/c21-11-3-1-10(2-4-11)17-14(22)13-12(9-16-19-13)18-15(23)20-5-7-24-8-6-20/h9-11,21H,1-8H2,(H,16,19)(H,17,22)(H,18,23)/p+1. The molecule has 0 radical (unpaired) electrons. The second-order valence-electron chi connectivity index (χ2n) is 6.22. The maximum Gasteiger partial charge on any atom is 0.322 e. The fourth-order valence-corrected chi connectivity index (χ4v) is 3.05. The average molecular weight is 338 g/mol. The largest absolute Gasteiger partial charge is 0.393 e. The van der Waals surface area contributed by atoms with E-state index in [9.17, 15) is 14.7 Å². The zero-order chi connectivity index (χ0) is 16.9. The molecule has 1 saturated heterocycles. The minimum absolute atomic E-state index is 0.0420. The lowest BCUT2D eigenvalue weighted by Crippen LogP contribution is -2.69. The summed E-state index contributed by atoms with van der Waals surface area (Å²) < 4.78 is 5.22. The predicted octanol–water partition coefficient (Wildman–Crippen LogP) is -1.78. The Morgan fingerprint density at radius 1 is 1.25 bits per heavy atom. The highest BCUT2D eigenvalue weighted by atomic mass is 16.5. The van der Waals surface area contributed by atoms with Crippen LogP contribution < -0.4 is 16.1 Å². The first-order valence-corrected chi connectivity index (χ1v) is 8.38. The lowest BCUT2D eigenvalue weighted by atomic mass is 9.93. The number of nitrogens with one attached hydrogen (secondary N) is 2. The summed E-state index contributed by atoms with van der Waals surface area (Å²) in [5.74, 6) is -0.293. The molecule has 132 valence electrons. The van der Waals surface area contributed by atoms with E-state index in [4.69, 9.17) is 4.74 Å². The number of amides is 3. The van der Waals surface area contributed by atoms with Crippen LogP contribution in [0.1, 0.15) is 25.7 Å². The van der Waals surface area contributed by atoms with Crippen LogP contribution in [0.25, 0.3) is 0 Å². The van der Waals surface area contributed by atoms with Crippen molar-refractivity contribution in [1.29, 1.82) is 0 Å². The van der Waals surface area contributed by atoms with Crippen LogP contribution in [0.4, 0.5) is 4.79 Å². The van der Waals surface area contributed by atoms with Crippen LogP contribution in [0.3, 0.4) is 0 Å². The lowest BCUT2D eigenvalue weighted by molar-refractivity contribution is -0.590. The van der Waals surface area contributed by atoms with Gasteiger partial charge in [-0.1, -0.05) is 5.10 Å². The number of quaternary nitrogens is 1. The molecule has 1 saturated carbocycles. The third kappa shape index (κ3) is 4.11. The smallest absolute Gasteiger partial charge is 0.322 e. The van der Waals surface area contributed by atoms with Crippen molar-refractivity contribution in [3.63, 3.8) is 0 Å². The van der Waals surface area contributed by atoms with Gasteiger partial charge in [-0.25, -0.2) is 4.79 Å². The summed E-state index contributed by atoms with van der Waals surface area (Å²) in [7, 11) is 0. The van der Waals surface area contributed by atoms with Crippen LogP contribution in [0.2, 0.25) is 0 Å². The number of ether oxygens (including phenoxy) is 1. The number of hydrogen-bond acceptors (Lipinski definition) is 5. The molecule has 3 amide bonds. The zero-order valence-electron chi connectivity index (χ0n) is 13.5. The van der Waals surface area contributed by atoms with Gasteiger partial charge in [0.05, 0.1) is 19.3 Å². The Bertz CT molecular complexity index is 548. The Hall–Kier alpha value is -1.97. The molecule has 0 aromatic carbocycles. The number of nitrogens with two attached hydrogens (primary N) is 1. The van der Waals surface area contributed by atoms with Gasteiger partial charge in [0, 0.05) is 19.1 Å². The molecule has 0 aromatic rings. The number of hydrogen-bond donors (Lipinski definition) is 4. The summed E-state index contributed by atoms with van der Waals surface area (Å²) >= 11 is 0. The van der Waals surface area contributed by atoms with Gasteiger partial charge in [0.2, 0.25) is 5.71 Å². The SMILES string of the molecule is O=C(NC1CCC(O)CC1)C1=N[NH2+]C=C1NC(=O)N1CCOCC1. The van der Waals surface area contributed by atoms with E-state index < -0.39 is 0 Å². The van der Waals surface area contributed by atoms with Crippen molar-refractivity contribution < 1.29 is 24.9 Å². The van der Waals surface area contributed by atoms with E-state index in [1.165, 1.54) is 5.43 Å². The number of carbonyl (C=O) groups is 2. The normalized spacial score (nSPS) is 27.3. The Balaban J connectivity index is 1.52. The third-order valence-electron chi connectivity index (χ3n) is 4.49. The van der Waals surface area contributed by atoms with Crippen LogP contribution in [-0.2, 0) is 9.53 Å². The molecule has 5 N–H and O–H groups in total. The first kappa shape index (κ1) is 16.9. The molecule has 9 heteroatoms. The molecule has 0 bridgehead atoms. The molecule has 0 aromatic heterocycles. The van der Waals surface area contributed by atoms with Crippen molar-refractivity contribution in [2.45, 2.75) is 37.8 Å². The van der Waals surface area contributed by atoms with Gasteiger partial charge in [-0.2, -0.15) is 5.43 Å². The number of carbonyl (C=O) groups excluding carboxylic acids is 2. The minimum Gasteiger partial charge on any atom is -0.393 e. The molecule has 0 atom stereocenters. The molecule has 2 fully saturated rings. The Morgan fingerprint density at radius 3 is 2.67 bits per heavy atom. The van der Waals surface area contributed by atoms with Crippen LogP contribution in [0.15, 0.2) is 17.0 Å². The number of nitrogens with zero attached hydrogens (tertiary/aromatic N) is 2. The maximum absolute atomic E-state index is 12.4. The van der Waals surface area contributed by atoms with Crippen molar-refractivity contribution in [1.82, 2.24) is 15.5 Å². The molecular formula is C15H24N5O4+. The summed E-state index contributed by atoms with van der Waals surface area (Å²) in [4.78, 5) is 26.3. The van der Waals surface area contributed by atoms with E-state index in [0.717, 1.165) is 12.8 Å². The van der Waals surface area contributed by atoms with E-state index in [1.807, 2.05) is 0 Å². The van der Waals surface area contributed by atoms with Gasteiger partial charge in [0.15, 0.2) is 0 Å². The molecule has 2 aliphatic heterocycles. The Labute approximate surface area is 140 Å². The van der Waals surface area contributed by atoms with Crippen molar-refractivity contribution in [3.05, 3.63) is 11.9 Å². The Morgan fingerprint density at radius 2 is 1.96 bits per heavy atom. The zero-order valence-corrected chi connectivity index (χ0v) is 13.5. The van der Waals surface area contributed by atoms with Gasteiger partial charge in [-0.15, -0.1) is 0 Å². The van der Waals surface area contributed by atoms with Gasteiger partial charge in [0.25, 0.3) is 5.91 Å². The average Bonchev–Trinajstić information content (AvgIpc) is 3.06. The van der Waals surface area contributed by atoms with Gasteiger partial charge in [0.1, 0.15) is 11.9 Å². The molecule has 1 aliphatic carbocycles. The highest BCUT2D eigenvalue weighted by Crippen LogP contribution is 2.18. The summed E-state index contributed by atoms with van der Waals surface area (Å²) in [5, 5.41) is 19.3. The fraction of sp³-hybridized carbons (Fsp3) is 0.667. The fourth-order valence-electron chi connectivity index (χ4n) is 3.05. The molecule has 0 unspecified atom stereocenters. The molecular weight excluding hydrogens is 314 g/mol. The van der Waals surface area contributed by atoms with Crippen molar-refractivity contribution in [3.8, 4) is 0 Å². The van der Waals surface area contributed by atoms with E-state index in [-0.39, 0.29) is 29.8 Å². The van der Waals surface area contributed by atoms with Gasteiger partial charge < -0.3 is 25.4 Å². The summed E-state index contributed by atoms with van der Waals surface area (Å²) in [6.07, 6.45) is 4.25. The highest BCUT2D eigenvalue weighted by Gasteiger charge is 2.30. The highest BCUT2D eigenvalue weighted by molar-refractivity contribution is 6.45. The number of rotatable bonds is 3. The molecule has 3 aliphatic rings. The third-order valence-corrected chi connectivity index (χ3v) is 4.49. The molecule has 24 heavy (non-hydrogen) atoms. The first-order valence-electron chi connectivity index (χ1n) is 8.38. The van der Waals surface area contributed by atoms with E-state index in [2.05, 4.69) is 15.7 Å². The maximum atomic E-state index is 12.4. The van der Waals surface area contributed by atoms with E-state index >= 15 is 0 Å². The van der Waals surface area contributed by atoms with E-state index in [1.54, 1.807) is 11.1 Å². The van der Waals surface area contributed by atoms with Crippen LogP contribution >= 0.6 is 0 Å². The molecule has 3 rings (SSSR count). The summed E-state index contributed by atoms with van der Waals surface area (Å²) in [5.41, 5.74) is 2.15. The van der Waals surface area contributed by atoms with Gasteiger partial charge in [-0.05, 0) is 25.7 Å². The van der Waals surface area contributed by atoms with Crippen molar-refractivity contribution in [2.24, 2.45) is 5.10 Å². The van der Waals surface area contributed by atoms with E-state index in [0.29, 0.717) is 44.8 Å². The molecule has 0 spiro atoms. The molecule has 2 heterocycles. The van der Waals surface area contributed by atoms with Crippen LogP contribution in [-0.4, -0.2) is 66.1 Å². The van der Waals surface area contributed by atoms with Gasteiger partial charge in [-0.3, -0.25) is 4.79 Å². The predicted molar refractivity (Wildman–Crippen MR) is 84.8 cm³/mol. The monoisotopic (exact) mass is 338 g/mol. The van der Waals surface area contributed by atoms with Crippen LogP contribution in [0, 0.1) is 0 Å². The summed E-state index contributed by atoms with van der Waals surface area (Å²) in [6.45, 7) is 2.11.